The van der Waals surface area contributed by atoms with E-state index in [-0.39, 0.29) is 0 Å². The Kier molecular flexibility index (Phi) is 6.42. The quantitative estimate of drug-likeness (QED) is 0.180. The van der Waals surface area contributed by atoms with Gasteiger partial charge in [-0.2, -0.15) is 5.10 Å². The zero-order valence-electron chi connectivity index (χ0n) is 28.1. The molecule has 0 bridgehead atoms. The minimum atomic E-state index is 0.506. The van der Waals surface area contributed by atoms with Crippen LogP contribution in [-0.2, 0) is 0 Å². The minimum absolute atomic E-state index is 0.506. The number of nitrogens with zero attached hydrogens (tertiary/aromatic N) is 5. The van der Waals surface area contributed by atoms with Gasteiger partial charge in [0.2, 0.25) is 0 Å². The Morgan fingerprint density at radius 3 is 1.57 bits per heavy atom. The zero-order valence-corrected chi connectivity index (χ0v) is 28.1. The lowest BCUT2D eigenvalue weighted by molar-refractivity contribution is 0.669. The number of hydrogen-bond donors (Lipinski definition) is 0. The first-order valence-corrected chi connectivity index (χ1v) is 17.5. The van der Waals surface area contributed by atoms with Gasteiger partial charge in [-0.15, -0.1) is 0 Å². The summed E-state index contributed by atoms with van der Waals surface area (Å²) in [5.41, 5.74) is 9.33. The SMILES string of the molecule is c1ccc(-n2nc(-c3cccc(-c4nc(-c5cccc6c5oc5ccccc56)nc(-c5cccc6c5oc5ccccc56)n4)c3)c3ccccc32)cc1. The first-order chi connectivity index (χ1) is 26.3. The molecule has 53 heavy (non-hydrogen) atoms. The van der Waals surface area contributed by atoms with Crippen molar-refractivity contribution in [1.82, 2.24) is 24.7 Å². The summed E-state index contributed by atoms with van der Waals surface area (Å²) in [7, 11) is 0. The van der Waals surface area contributed by atoms with Crippen molar-refractivity contribution in [3.05, 3.63) is 164 Å². The van der Waals surface area contributed by atoms with Gasteiger partial charge in [-0.05, 0) is 48.5 Å². The summed E-state index contributed by atoms with van der Waals surface area (Å²) < 4.78 is 14.9. The minimum Gasteiger partial charge on any atom is -0.455 e. The Hall–Kier alpha value is -7.38. The highest BCUT2D eigenvalue weighted by atomic mass is 16.3. The average Bonchev–Trinajstić information content (AvgIpc) is 3.93. The van der Waals surface area contributed by atoms with E-state index in [0.717, 1.165) is 88.4 Å². The van der Waals surface area contributed by atoms with Crippen molar-refractivity contribution in [1.29, 1.82) is 0 Å². The fourth-order valence-electron chi connectivity index (χ4n) is 7.44. The van der Waals surface area contributed by atoms with E-state index in [0.29, 0.717) is 17.5 Å². The van der Waals surface area contributed by atoms with E-state index in [4.69, 9.17) is 28.9 Å². The molecule has 0 unspecified atom stereocenters. The van der Waals surface area contributed by atoms with Crippen molar-refractivity contribution >= 4 is 54.8 Å². The van der Waals surface area contributed by atoms with Crippen LogP contribution >= 0.6 is 0 Å². The van der Waals surface area contributed by atoms with Crippen LogP contribution in [0.4, 0.5) is 0 Å². The number of benzene rings is 7. The molecular formula is C46H27N5O2. The maximum atomic E-state index is 6.47. The van der Waals surface area contributed by atoms with Gasteiger partial charge in [-0.1, -0.05) is 115 Å². The van der Waals surface area contributed by atoms with E-state index >= 15 is 0 Å². The van der Waals surface area contributed by atoms with Gasteiger partial charge in [0.05, 0.1) is 22.3 Å². The van der Waals surface area contributed by atoms with Crippen LogP contribution in [0.25, 0.3) is 106 Å². The highest BCUT2D eigenvalue weighted by Gasteiger charge is 2.21. The molecule has 0 radical (unpaired) electrons. The lowest BCUT2D eigenvalue weighted by Crippen LogP contribution is -2.01. The first kappa shape index (κ1) is 29.4. The second kappa shape index (κ2) is 11.6. The molecule has 0 amide bonds. The fourth-order valence-corrected chi connectivity index (χ4v) is 7.44. The van der Waals surface area contributed by atoms with Gasteiger partial charge in [-0.3, -0.25) is 0 Å². The molecule has 0 spiro atoms. The largest absolute Gasteiger partial charge is 0.455 e. The van der Waals surface area contributed by atoms with Crippen molar-refractivity contribution < 1.29 is 8.83 Å². The lowest BCUT2D eigenvalue weighted by atomic mass is 10.0. The highest BCUT2D eigenvalue weighted by molar-refractivity contribution is 6.10. The van der Waals surface area contributed by atoms with Gasteiger partial charge in [0.25, 0.3) is 0 Å². The molecule has 4 heterocycles. The number of para-hydroxylation sites is 6. The van der Waals surface area contributed by atoms with E-state index in [1.165, 1.54) is 0 Å². The molecule has 0 aliphatic carbocycles. The van der Waals surface area contributed by atoms with Gasteiger partial charge in [0.1, 0.15) is 28.0 Å². The van der Waals surface area contributed by atoms with Crippen molar-refractivity contribution in [2.45, 2.75) is 0 Å². The second-order valence-electron chi connectivity index (χ2n) is 13.1. The molecule has 0 atom stereocenters. The first-order valence-electron chi connectivity index (χ1n) is 17.5. The van der Waals surface area contributed by atoms with Gasteiger partial charge >= 0.3 is 0 Å². The summed E-state index contributed by atoms with van der Waals surface area (Å²) in [6.07, 6.45) is 0. The van der Waals surface area contributed by atoms with Crippen LogP contribution in [0.15, 0.2) is 173 Å². The van der Waals surface area contributed by atoms with Crippen LogP contribution in [-0.4, -0.2) is 24.7 Å². The predicted octanol–water partition coefficient (Wildman–Crippen LogP) is 11.7. The van der Waals surface area contributed by atoms with Crippen LogP contribution < -0.4 is 0 Å². The molecule has 0 saturated carbocycles. The summed E-state index contributed by atoms with van der Waals surface area (Å²) in [6.45, 7) is 0. The van der Waals surface area contributed by atoms with E-state index in [1.54, 1.807) is 0 Å². The number of furan rings is 2. The summed E-state index contributed by atoms with van der Waals surface area (Å²) in [5, 5.41) is 10.3. The molecule has 7 nitrogen and oxygen atoms in total. The van der Waals surface area contributed by atoms with Crippen LogP contribution in [0.1, 0.15) is 0 Å². The zero-order chi connectivity index (χ0) is 34.9. The van der Waals surface area contributed by atoms with Crippen molar-refractivity contribution in [2.75, 3.05) is 0 Å². The standard InChI is InChI=1S/C46H27N5O2/c1-2-15-30(16-3-1)51-38-24-7-4-19-35(38)41(50-51)28-13-10-14-29(27-28)44-47-45(36-22-11-20-33-31-17-5-8-25-39(31)52-42(33)36)49-46(48-44)37-23-12-21-34-32-18-6-9-26-40(32)53-43(34)37/h1-27H. The Labute approximate surface area is 302 Å². The van der Waals surface area contributed by atoms with Gasteiger partial charge < -0.3 is 8.83 Å². The monoisotopic (exact) mass is 681 g/mol. The molecule has 11 aromatic rings. The van der Waals surface area contributed by atoms with Crippen molar-refractivity contribution in [3.63, 3.8) is 0 Å². The van der Waals surface area contributed by atoms with Crippen LogP contribution in [0.3, 0.4) is 0 Å². The highest BCUT2D eigenvalue weighted by Crippen LogP contribution is 2.39. The number of aromatic nitrogens is 5. The Morgan fingerprint density at radius 2 is 0.906 bits per heavy atom. The van der Waals surface area contributed by atoms with Crippen LogP contribution in [0, 0.1) is 0 Å². The summed E-state index contributed by atoms with van der Waals surface area (Å²) in [4.78, 5) is 15.4. The molecule has 7 heteroatoms. The van der Waals surface area contributed by atoms with Gasteiger partial charge in [-0.25, -0.2) is 19.6 Å². The van der Waals surface area contributed by atoms with E-state index in [1.807, 2.05) is 102 Å². The number of hydrogen-bond acceptors (Lipinski definition) is 6. The smallest absolute Gasteiger partial charge is 0.167 e. The molecule has 0 fully saturated rings. The Bertz CT molecular complexity index is 3060. The molecule has 0 saturated heterocycles. The van der Waals surface area contributed by atoms with Crippen molar-refractivity contribution in [3.8, 4) is 51.1 Å². The third kappa shape index (κ3) is 4.68. The third-order valence-electron chi connectivity index (χ3n) is 9.91. The summed E-state index contributed by atoms with van der Waals surface area (Å²) >= 11 is 0. The molecule has 0 N–H and O–H groups in total. The van der Waals surface area contributed by atoms with E-state index in [9.17, 15) is 0 Å². The fraction of sp³-hybridized carbons (Fsp3) is 0. The molecule has 0 aliphatic heterocycles. The van der Waals surface area contributed by atoms with E-state index in [2.05, 4.69) is 66.7 Å². The predicted molar refractivity (Wildman–Crippen MR) is 211 cm³/mol. The summed E-state index contributed by atoms with van der Waals surface area (Å²) in [6, 6.07) is 55.1. The van der Waals surface area contributed by atoms with Gasteiger partial charge in [0.15, 0.2) is 17.5 Å². The topological polar surface area (TPSA) is 82.8 Å². The Morgan fingerprint density at radius 1 is 0.396 bits per heavy atom. The van der Waals surface area contributed by atoms with Gasteiger partial charge in [0, 0.05) is 38.1 Å². The maximum Gasteiger partial charge on any atom is 0.167 e. The van der Waals surface area contributed by atoms with Crippen LogP contribution in [0.5, 0.6) is 0 Å². The molecule has 248 valence electrons. The van der Waals surface area contributed by atoms with Crippen molar-refractivity contribution in [2.24, 2.45) is 0 Å². The molecule has 11 rings (SSSR count). The van der Waals surface area contributed by atoms with Crippen LogP contribution in [0.2, 0.25) is 0 Å². The normalized spacial score (nSPS) is 11.8. The molecule has 0 aliphatic rings. The lowest BCUT2D eigenvalue weighted by Gasteiger charge is -2.10. The summed E-state index contributed by atoms with van der Waals surface area (Å²) in [5.74, 6) is 1.54. The second-order valence-corrected chi connectivity index (χ2v) is 13.1. The average molecular weight is 682 g/mol. The molecule has 7 aromatic carbocycles. The third-order valence-corrected chi connectivity index (χ3v) is 9.91. The molecular weight excluding hydrogens is 655 g/mol. The number of fused-ring (bicyclic) bond motifs is 7. The van der Waals surface area contributed by atoms with E-state index < -0.39 is 0 Å². The Balaban J connectivity index is 1.14. The molecule has 4 aromatic heterocycles. The number of rotatable bonds is 5. The maximum absolute atomic E-state index is 6.47.